The standard InChI is InChI=1S/C21H18Cl2F2N6O3/c1-11-8-12(22)9-13(20(32)27-6-7-28-34-2)17(11)29-21(33)16-10-15(18(24)25)30-31(16)19-14(23)4-3-5-26-19/h3-5,7-10,18H,6H2,1-2H3,(H,27,32)(H,29,33)/b28-7+. The van der Waals surface area contributed by atoms with Crippen molar-refractivity contribution in [3.8, 4) is 5.82 Å². The molecule has 2 N–H and O–H groups in total. The Balaban J connectivity index is 2.00. The van der Waals surface area contributed by atoms with Gasteiger partial charge in [-0.15, -0.1) is 0 Å². The van der Waals surface area contributed by atoms with Gasteiger partial charge < -0.3 is 15.5 Å². The normalized spacial score (nSPS) is 11.1. The predicted molar refractivity (Wildman–Crippen MR) is 123 cm³/mol. The van der Waals surface area contributed by atoms with Crippen molar-refractivity contribution in [1.82, 2.24) is 20.1 Å². The van der Waals surface area contributed by atoms with E-state index in [0.717, 1.165) is 10.7 Å². The molecule has 2 amide bonds. The molecule has 0 aliphatic rings. The first-order chi connectivity index (χ1) is 16.2. The highest BCUT2D eigenvalue weighted by molar-refractivity contribution is 6.32. The van der Waals surface area contributed by atoms with Crippen LogP contribution in [0.15, 0.2) is 41.7 Å². The minimum absolute atomic E-state index is 0.00978. The molecule has 0 radical (unpaired) electrons. The second-order valence-electron chi connectivity index (χ2n) is 6.76. The molecule has 0 atom stereocenters. The number of carbonyl (C=O) groups excluding carboxylic acids is 2. The number of hydrogen-bond acceptors (Lipinski definition) is 6. The zero-order valence-corrected chi connectivity index (χ0v) is 19.4. The van der Waals surface area contributed by atoms with E-state index in [1.54, 1.807) is 13.0 Å². The SMILES string of the molecule is CO/N=C/CNC(=O)c1cc(Cl)cc(C)c1NC(=O)c1cc(C(F)F)nn1-c1ncccc1Cl. The largest absolute Gasteiger partial charge is 0.399 e. The van der Waals surface area contributed by atoms with Gasteiger partial charge in [-0.3, -0.25) is 9.59 Å². The van der Waals surface area contributed by atoms with Gasteiger partial charge in [0.05, 0.1) is 29.0 Å². The van der Waals surface area contributed by atoms with Gasteiger partial charge in [0.15, 0.2) is 5.82 Å². The zero-order valence-electron chi connectivity index (χ0n) is 17.9. The first-order valence-electron chi connectivity index (χ1n) is 9.66. The number of rotatable bonds is 8. The van der Waals surface area contributed by atoms with E-state index in [0.29, 0.717) is 5.56 Å². The van der Waals surface area contributed by atoms with E-state index in [1.165, 1.54) is 37.7 Å². The van der Waals surface area contributed by atoms with E-state index in [4.69, 9.17) is 23.2 Å². The summed E-state index contributed by atoms with van der Waals surface area (Å²) in [6.07, 6.45) is -0.234. The summed E-state index contributed by atoms with van der Waals surface area (Å²) in [4.78, 5) is 34.5. The minimum Gasteiger partial charge on any atom is -0.399 e. The summed E-state index contributed by atoms with van der Waals surface area (Å²) in [6, 6.07) is 6.86. The highest BCUT2D eigenvalue weighted by Crippen LogP contribution is 2.28. The number of halogens is 4. The Morgan fingerprint density at radius 2 is 2.03 bits per heavy atom. The maximum Gasteiger partial charge on any atom is 0.282 e. The van der Waals surface area contributed by atoms with Gasteiger partial charge in [-0.1, -0.05) is 28.4 Å². The summed E-state index contributed by atoms with van der Waals surface area (Å²) in [6.45, 7) is 1.68. The molecule has 0 saturated heterocycles. The van der Waals surface area contributed by atoms with Crippen LogP contribution in [0.3, 0.4) is 0 Å². The Hall–Kier alpha value is -3.57. The first kappa shape index (κ1) is 25.1. The van der Waals surface area contributed by atoms with Gasteiger partial charge in [0.25, 0.3) is 18.2 Å². The lowest BCUT2D eigenvalue weighted by Crippen LogP contribution is -2.27. The van der Waals surface area contributed by atoms with Crippen molar-refractivity contribution >= 4 is 46.9 Å². The van der Waals surface area contributed by atoms with Crippen LogP contribution < -0.4 is 10.6 Å². The second kappa shape index (κ2) is 11.0. The van der Waals surface area contributed by atoms with Crippen LogP contribution in [-0.4, -0.2) is 46.4 Å². The molecule has 2 heterocycles. The van der Waals surface area contributed by atoms with Crippen molar-refractivity contribution < 1.29 is 23.2 Å². The van der Waals surface area contributed by atoms with Gasteiger partial charge in [-0.2, -0.15) is 5.10 Å². The molecule has 3 aromatic rings. The molecule has 34 heavy (non-hydrogen) atoms. The number of aryl methyl sites for hydroxylation is 1. The summed E-state index contributed by atoms with van der Waals surface area (Å²) < 4.78 is 27.7. The summed E-state index contributed by atoms with van der Waals surface area (Å²) >= 11 is 12.2. The molecule has 3 rings (SSSR count). The lowest BCUT2D eigenvalue weighted by atomic mass is 10.1. The smallest absolute Gasteiger partial charge is 0.282 e. The fraction of sp³-hybridized carbons (Fsp3) is 0.190. The van der Waals surface area contributed by atoms with Gasteiger partial charge in [0.1, 0.15) is 18.5 Å². The van der Waals surface area contributed by atoms with Crippen LogP contribution in [0.25, 0.3) is 5.82 Å². The van der Waals surface area contributed by atoms with Crippen molar-refractivity contribution in [2.24, 2.45) is 5.16 Å². The highest BCUT2D eigenvalue weighted by Gasteiger charge is 2.25. The van der Waals surface area contributed by atoms with E-state index in [2.05, 4.69) is 30.7 Å². The predicted octanol–water partition coefficient (Wildman–Crippen LogP) is 4.43. The van der Waals surface area contributed by atoms with Crippen LogP contribution in [0.4, 0.5) is 14.5 Å². The van der Waals surface area contributed by atoms with Gasteiger partial charge in [-0.25, -0.2) is 18.4 Å². The van der Waals surface area contributed by atoms with Gasteiger partial charge >= 0.3 is 0 Å². The van der Waals surface area contributed by atoms with E-state index >= 15 is 0 Å². The molecule has 13 heteroatoms. The Morgan fingerprint density at radius 3 is 2.71 bits per heavy atom. The molecule has 0 fully saturated rings. The third-order valence-corrected chi connectivity index (χ3v) is 4.95. The molecule has 0 bridgehead atoms. The number of oxime groups is 1. The fourth-order valence-corrected chi connectivity index (χ4v) is 3.45. The lowest BCUT2D eigenvalue weighted by Gasteiger charge is -2.15. The van der Waals surface area contributed by atoms with Crippen LogP contribution in [0.1, 0.15) is 38.5 Å². The number of amides is 2. The van der Waals surface area contributed by atoms with E-state index in [1.807, 2.05) is 0 Å². The molecule has 0 spiro atoms. The minimum atomic E-state index is -2.94. The maximum absolute atomic E-state index is 13.4. The average molecular weight is 511 g/mol. The van der Waals surface area contributed by atoms with E-state index in [9.17, 15) is 18.4 Å². The van der Waals surface area contributed by atoms with Crippen molar-refractivity contribution in [1.29, 1.82) is 0 Å². The molecular formula is C21H18Cl2F2N6O3. The summed E-state index contributed by atoms with van der Waals surface area (Å²) in [5.41, 5.74) is -0.249. The van der Waals surface area contributed by atoms with Crippen LogP contribution in [0.5, 0.6) is 0 Å². The molecule has 9 nitrogen and oxygen atoms in total. The monoisotopic (exact) mass is 510 g/mol. The van der Waals surface area contributed by atoms with Crippen LogP contribution in [0, 0.1) is 6.92 Å². The van der Waals surface area contributed by atoms with Gasteiger partial charge in [-0.05, 0) is 42.8 Å². The lowest BCUT2D eigenvalue weighted by molar-refractivity contribution is 0.0960. The highest BCUT2D eigenvalue weighted by atomic mass is 35.5. The third kappa shape index (κ3) is 5.67. The molecule has 1 aromatic carbocycles. The summed E-state index contributed by atoms with van der Waals surface area (Å²) in [5.74, 6) is -1.39. The van der Waals surface area contributed by atoms with Crippen LogP contribution in [0.2, 0.25) is 10.0 Å². The topological polar surface area (TPSA) is 110 Å². The summed E-state index contributed by atoms with van der Waals surface area (Å²) in [7, 11) is 1.36. The number of nitrogens with zero attached hydrogens (tertiary/aromatic N) is 4. The zero-order chi connectivity index (χ0) is 24.8. The molecule has 0 aliphatic heterocycles. The van der Waals surface area contributed by atoms with Gasteiger partial charge in [0.2, 0.25) is 0 Å². The number of benzene rings is 1. The first-order valence-corrected chi connectivity index (χ1v) is 10.4. The Bertz CT molecular complexity index is 1250. The van der Waals surface area contributed by atoms with Crippen molar-refractivity contribution in [2.45, 2.75) is 13.3 Å². The second-order valence-corrected chi connectivity index (χ2v) is 7.60. The maximum atomic E-state index is 13.4. The quantitative estimate of drug-likeness (QED) is 0.344. The number of hydrogen-bond donors (Lipinski definition) is 2. The number of carbonyl (C=O) groups is 2. The van der Waals surface area contributed by atoms with Crippen molar-refractivity contribution in [3.05, 3.63) is 69.1 Å². The summed E-state index contributed by atoms with van der Waals surface area (Å²) in [5, 5.41) is 12.8. The molecular weight excluding hydrogens is 493 g/mol. The van der Waals surface area contributed by atoms with Crippen molar-refractivity contribution in [3.63, 3.8) is 0 Å². The van der Waals surface area contributed by atoms with E-state index < -0.39 is 23.9 Å². The number of aromatic nitrogens is 3. The van der Waals surface area contributed by atoms with Crippen molar-refractivity contribution in [2.75, 3.05) is 19.0 Å². The number of anilines is 1. The number of nitrogens with one attached hydrogen (secondary N) is 2. The molecule has 2 aromatic heterocycles. The third-order valence-electron chi connectivity index (χ3n) is 4.44. The molecule has 0 saturated carbocycles. The number of alkyl halides is 2. The molecule has 0 unspecified atom stereocenters. The Labute approximate surface area is 202 Å². The Kier molecular flexibility index (Phi) is 8.13. The fourth-order valence-electron chi connectivity index (χ4n) is 2.97. The van der Waals surface area contributed by atoms with Gasteiger partial charge in [0, 0.05) is 11.2 Å². The van der Waals surface area contributed by atoms with Crippen LogP contribution >= 0.6 is 23.2 Å². The average Bonchev–Trinajstić information content (AvgIpc) is 3.24. The number of pyridine rings is 1. The molecule has 178 valence electrons. The molecule has 0 aliphatic carbocycles. The Morgan fingerprint density at radius 1 is 1.26 bits per heavy atom. The van der Waals surface area contributed by atoms with Crippen LogP contribution in [-0.2, 0) is 4.84 Å². The van der Waals surface area contributed by atoms with E-state index in [-0.39, 0.29) is 39.4 Å².